The molecule has 0 aliphatic heterocycles. The van der Waals surface area contributed by atoms with E-state index in [0.717, 1.165) is 11.1 Å². The van der Waals surface area contributed by atoms with Crippen molar-refractivity contribution in [2.45, 2.75) is 0 Å². The van der Waals surface area contributed by atoms with Crippen LogP contribution in [0.15, 0.2) is 35.1 Å². The molecule has 2 aromatic heterocycles. The summed E-state index contributed by atoms with van der Waals surface area (Å²) in [6, 6.07) is 5.48. The van der Waals surface area contributed by atoms with Crippen LogP contribution in [0.2, 0.25) is 0 Å². The van der Waals surface area contributed by atoms with Crippen LogP contribution in [0.4, 0.5) is 5.82 Å². The number of benzene rings is 1. The fourth-order valence-corrected chi connectivity index (χ4v) is 1.42. The predicted molar refractivity (Wildman–Crippen MR) is 53.3 cm³/mol. The summed E-state index contributed by atoms with van der Waals surface area (Å²) in [7, 11) is 0. The van der Waals surface area contributed by atoms with E-state index in [0.29, 0.717) is 11.4 Å². The monoisotopic (exact) mass is 201 g/mol. The molecule has 6 heteroatoms. The Morgan fingerprint density at radius 2 is 2.00 bits per heavy atom. The molecule has 0 unspecified atom stereocenters. The first-order chi connectivity index (χ1) is 7.34. The molecule has 0 fully saturated rings. The molecule has 0 aliphatic carbocycles. The van der Waals surface area contributed by atoms with Gasteiger partial charge in [0.25, 0.3) is 0 Å². The number of anilines is 1. The SMILES string of the molecule is Nc1noc2cc(-n3nccn3)ccc12. The van der Waals surface area contributed by atoms with Crippen LogP contribution < -0.4 is 5.73 Å². The second-order valence-electron chi connectivity index (χ2n) is 3.07. The number of aromatic nitrogens is 4. The fraction of sp³-hybridized carbons (Fsp3) is 0. The zero-order valence-electron chi connectivity index (χ0n) is 7.66. The first-order valence-corrected chi connectivity index (χ1v) is 4.36. The molecule has 0 radical (unpaired) electrons. The van der Waals surface area contributed by atoms with Crippen LogP contribution in [0.25, 0.3) is 16.7 Å². The summed E-state index contributed by atoms with van der Waals surface area (Å²) >= 11 is 0. The van der Waals surface area contributed by atoms with Gasteiger partial charge in [-0.25, -0.2) is 0 Å². The highest BCUT2D eigenvalue weighted by Crippen LogP contribution is 2.22. The number of nitrogen functional groups attached to an aromatic ring is 1. The lowest BCUT2D eigenvalue weighted by Crippen LogP contribution is -1.97. The van der Waals surface area contributed by atoms with Crippen LogP contribution in [0.5, 0.6) is 0 Å². The Bertz CT molecular complexity index is 598. The van der Waals surface area contributed by atoms with Gasteiger partial charge in [0.15, 0.2) is 11.4 Å². The maximum Gasteiger partial charge on any atom is 0.174 e. The fourth-order valence-electron chi connectivity index (χ4n) is 1.42. The quantitative estimate of drug-likeness (QED) is 0.634. The van der Waals surface area contributed by atoms with Crippen LogP contribution in [0.3, 0.4) is 0 Å². The molecule has 0 atom stereocenters. The molecule has 1 aromatic carbocycles. The predicted octanol–water partition coefficient (Wildman–Crippen LogP) is 0.991. The largest absolute Gasteiger partial charge is 0.380 e. The zero-order chi connectivity index (χ0) is 10.3. The first kappa shape index (κ1) is 7.98. The summed E-state index contributed by atoms with van der Waals surface area (Å²) in [5, 5.41) is 12.5. The van der Waals surface area contributed by atoms with Crippen molar-refractivity contribution in [3.05, 3.63) is 30.6 Å². The van der Waals surface area contributed by atoms with E-state index in [1.54, 1.807) is 18.5 Å². The Morgan fingerprint density at radius 3 is 2.80 bits per heavy atom. The average molecular weight is 201 g/mol. The molecular formula is C9H7N5O. The van der Waals surface area contributed by atoms with Crippen LogP contribution >= 0.6 is 0 Å². The molecule has 74 valence electrons. The molecule has 3 aromatic rings. The molecule has 0 saturated carbocycles. The van der Waals surface area contributed by atoms with E-state index >= 15 is 0 Å². The molecule has 15 heavy (non-hydrogen) atoms. The number of hydrogen-bond acceptors (Lipinski definition) is 5. The third-order valence-electron chi connectivity index (χ3n) is 2.13. The van der Waals surface area contributed by atoms with E-state index in [4.69, 9.17) is 10.3 Å². The van der Waals surface area contributed by atoms with E-state index in [2.05, 4.69) is 15.4 Å². The molecule has 6 nitrogen and oxygen atoms in total. The zero-order valence-corrected chi connectivity index (χ0v) is 7.66. The van der Waals surface area contributed by atoms with Gasteiger partial charge in [0, 0.05) is 6.07 Å². The van der Waals surface area contributed by atoms with E-state index in [1.807, 2.05) is 12.1 Å². The Balaban J connectivity index is 2.23. The minimum atomic E-state index is 0.393. The molecule has 2 N–H and O–H groups in total. The van der Waals surface area contributed by atoms with Gasteiger partial charge in [-0.1, -0.05) is 5.16 Å². The van der Waals surface area contributed by atoms with Gasteiger partial charge in [0.1, 0.15) is 0 Å². The Labute approximate surface area is 84.3 Å². The maximum absolute atomic E-state index is 5.60. The number of hydrogen-bond donors (Lipinski definition) is 1. The second-order valence-corrected chi connectivity index (χ2v) is 3.07. The average Bonchev–Trinajstić information content (AvgIpc) is 2.88. The van der Waals surface area contributed by atoms with Crippen molar-refractivity contribution in [2.75, 3.05) is 5.73 Å². The third-order valence-corrected chi connectivity index (χ3v) is 2.13. The maximum atomic E-state index is 5.60. The van der Waals surface area contributed by atoms with E-state index in [-0.39, 0.29) is 0 Å². The number of rotatable bonds is 1. The molecule has 0 spiro atoms. The lowest BCUT2D eigenvalue weighted by molar-refractivity contribution is 0.460. The highest BCUT2D eigenvalue weighted by Gasteiger charge is 2.06. The molecule has 0 saturated heterocycles. The van der Waals surface area contributed by atoms with Gasteiger partial charge in [0.2, 0.25) is 0 Å². The van der Waals surface area contributed by atoms with Crippen molar-refractivity contribution < 1.29 is 4.52 Å². The topological polar surface area (TPSA) is 82.8 Å². The van der Waals surface area contributed by atoms with Crippen LogP contribution in [-0.4, -0.2) is 20.2 Å². The van der Waals surface area contributed by atoms with Crippen molar-refractivity contribution in [1.82, 2.24) is 20.2 Å². The highest BCUT2D eigenvalue weighted by molar-refractivity contribution is 5.88. The Hall–Kier alpha value is -2.37. The lowest BCUT2D eigenvalue weighted by Gasteiger charge is -1.97. The summed E-state index contributed by atoms with van der Waals surface area (Å²) in [5.74, 6) is 0.393. The molecule has 3 rings (SSSR count). The van der Waals surface area contributed by atoms with Crippen molar-refractivity contribution in [3.63, 3.8) is 0 Å². The van der Waals surface area contributed by atoms with Gasteiger partial charge >= 0.3 is 0 Å². The van der Waals surface area contributed by atoms with Gasteiger partial charge < -0.3 is 10.3 Å². The normalized spacial score (nSPS) is 10.9. The first-order valence-electron chi connectivity index (χ1n) is 4.36. The van der Waals surface area contributed by atoms with Crippen LogP contribution in [-0.2, 0) is 0 Å². The summed E-state index contributed by atoms with van der Waals surface area (Å²) in [6.45, 7) is 0. The Morgan fingerprint density at radius 1 is 1.20 bits per heavy atom. The minimum Gasteiger partial charge on any atom is -0.380 e. The lowest BCUT2D eigenvalue weighted by atomic mass is 10.2. The van der Waals surface area contributed by atoms with Gasteiger partial charge in [-0.3, -0.25) is 0 Å². The van der Waals surface area contributed by atoms with E-state index < -0.39 is 0 Å². The number of nitrogens with two attached hydrogens (primary N) is 1. The van der Waals surface area contributed by atoms with Gasteiger partial charge in [-0.2, -0.15) is 15.0 Å². The molecular weight excluding hydrogens is 194 g/mol. The molecule has 0 bridgehead atoms. The van der Waals surface area contributed by atoms with Crippen molar-refractivity contribution >= 4 is 16.8 Å². The number of fused-ring (bicyclic) bond motifs is 1. The van der Waals surface area contributed by atoms with Crippen molar-refractivity contribution in [3.8, 4) is 5.69 Å². The van der Waals surface area contributed by atoms with Gasteiger partial charge in [0.05, 0.1) is 23.5 Å². The standard InChI is InChI=1S/C9H7N5O/c10-9-7-2-1-6(5-8(7)15-13-9)14-11-3-4-12-14/h1-5H,(H2,10,13). The summed E-state index contributed by atoms with van der Waals surface area (Å²) in [6.07, 6.45) is 3.22. The summed E-state index contributed by atoms with van der Waals surface area (Å²) in [4.78, 5) is 1.50. The van der Waals surface area contributed by atoms with Crippen LogP contribution in [0, 0.1) is 0 Å². The smallest absolute Gasteiger partial charge is 0.174 e. The summed E-state index contributed by atoms with van der Waals surface area (Å²) in [5.41, 5.74) is 7.04. The molecule has 2 heterocycles. The number of nitrogens with zero attached hydrogens (tertiary/aromatic N) is 4. The van der Waals surface area contributed by atoms with Gasteiger partial charge in [-0.05, 0) is 12.1 Å². The van der Waals surface area contributed by atoms with Crippen LogP contribution in [0.1, 0.15) is 0 Å². The van der Waals surface area contributed by atoms with Crippen molar-refractivity contribution in [1.29, 1.82) is 0 Å². The Kier molecular flexibility index (Phi) is 1.49. The van der Waals surface area contributed by atoms with Crippen molar-refractivity contribution in [2.24, 2.45) is 0 Å². The second kappa shape index (κ2) is 2.81. The molecule has 0 amide bonds. The van der Waals surface area contributed by atoms with E-state index in [9.17, 15) is 0 Å². The third kappa shape index (κ3) is 1.15. The highest BCUT2D eigenvalue weighted by atomic mass is 16.5. The van der Waals surface area contributed by atoms with Gasteiger partial charge in [-0.15, -0.1) is 0 Å². The summed E-state index contributed by atoms with van der Waals surface area (Å²) < 4.78 is 5.04. The minimum absolute atomic E-state index is 0.393. The molecule has 0 aliphatic rings. The van der Waals surface area contributed by atoms with E-state index in [1.165, 1.54) is 4.80 Å².